The van der Waals surface area contributed by atoms with Gasteiger partial charge in [-0.15, -0.1) is 0 Å². The molecule has 1 unspecified atom stereocenters. The number of aliphatic hydroxyl groups is 1. The van der Waals surface area contributed by atoms with Gasteiger partial charge in [0.25, 0.3) is 0 Å². The van der Waals surface area contributed by atoms with Gasteiger partial charge in [-0.05, 0) is 42.9 Å². The lowest BCUT2D eigenvalue weighted by molar-refractivity contribution is 0.0560. The predicted molar refractivity (Wildman–Crippen MR) is 80.3 cm³/mol. The number of pyridine rings is 1. The lowest BCUT2D eigenvalue weighted by atomic mass is 9.85. The number of para-hydroxylation sites is 1. The highest BCUT2D eigenvalue weighted by atomic mass is 16.3. The summed E-state index contributed by atoms with van der Waals surface area (Å²) in [7, 11) is 0. The minimum atomic E-state index is -0.278. The molecule has 0 spiro atoms. The summed E-state index contributed by atoms with van der Waals surface area (Å²) in [6, 6.07) is 10.4. The first-order chi connectivity index (χ1) is 8.88. The molecule has 0 saturated carbocycles. The van der Waals surface area contributed by atoms with Gasteiger partial charge in [0.1, 0.15) is 0 Å². The molecular weight excluding hydrogens is 234 g/mol. The second kappa shape index (κ2) is 5.30. The van der Waals surface area contributed by atoms with E-state index in [2.05, 4.69) is 37.9 Å². The Bertz CT molecular complexity index is 569. The molecule has 0 aliphatic heterocycles. The Morgan fingerprint density at radius 1 is 1.21 bits per heavy atom. The number of aromatic nitrogens is 1. The Hall–Kier alpha value is -1.41. The molecule has 0 bridgehead atoms. The van der Waals surface area contributed by atoms with Crippen LogP contribution in [0.1, 0.15) is 38.4 Å². The zero-order valence-electron chi connectivity index (χ0n) is 12.3. The van der Waals surface area contributed by atoms with Gasteiger partial charge in [-0.25, -0.2) is 0 Å². The van der Waals surface area contributed by atoms with Crippen LogP contribution in [0.4, 0.5) is 0 Å². The van der Waals surface area contributed by atoms with E-state index >= 15 is 0 Å². The van der Waals surface area contributed by atoms with Crippen molar-refractivity contribution in [2.45, 2.75) is 46.6 Å². The normalized spacial score (nSPS) is 13.7. The molecular formula is C17H23NO. The fourth-order valence-corrected chi connectivity index (χ4v) is 2.33. The molecule has 2 rings (SSSR count). The topological polar surface area (TPSA) is 33.1 Å². The van der Waals surface area contributed by atoms with Crippen LogP contribution in [0.5, 0.6) is 0 Å². The molecule has 0 saturated heterocycles. The second-order valence-corrected chi connectivity index (χ2v) is 6.36. The Morgan fingerprint density at radius 2 is 1.89 bits per heavy atom. The Labute approximate surface area is 115 Å². The van der Waals surface area contributed by atoms with E-state index in [0.717, 1.165) is 24.1 Å². The van der Waals surface area contributed by atoms with Crippen LogP contribution in [0.3, 0.4) is 0 Å². The second-order valence-electron chi connectivity index (χ2n) is 6.36. The minimum absolute atomic E-state index is 0.0577. The van der Waals surface area contributed by atoms with Crippen LogP contribution < -0.4 is 0 Å². The molecule has 2 aromatic rings. The maximum absolute atomic E-state index is 10.2. The van der Waals surface area contributed by atoms with Crippen molar-refractivity contribution in [3.8, 4) is 0 Å². The molecule has 1 atom stereocenters. The van der Waals surface area contributed by atoms with Crippen molar-refractivity contribution in [2.24, 2.45) is 5.41 Å². The fraction of sp³-hybridized carbons (Fsp3) is 0.471. The molecule has 1 aromatic carbocycles. The van der Waals surface area contributed by atoms with Gasteiger partial charge >= 0.3 is 0 Å². The van der Waals surface area contributed by atoms with E-state index < -0.39 is 0 Å². The first kappa shape index (κ1) is 14.0. The van der Waals surface area contributed by atoms with E-state index in [1.807, 2.05) is 25.1 Å². The SMILES string of the molecule is Cc1cc(CCC(O)C(C)(C)C)c2ccccc2n1. The van der Waals surface area contributed by atoms with Gasteiger partial charge in [-0.2, -0.15) is 0 Å². The van der Waals surface area contributed by atoms with Crippen LogP contribution in [0.15, 0.2) is 30.3 Å². The minimum Gasteiger partial charge on any atom is -0.393 e. The Balaban J connectivity index is 2.25. The van der Waals surface area contributed by atoms with E-state index in [4.69, 9.17) is 0 Å². The molecule has 0 amide bonds. The van der Waals surface area contributed by atoms with E-state index in [-0.39, 0.29) is 11.5 Å². The van der Waals surface area contributed by atoms with Crippen LogP contribution in [0.25, 0.3) is 10.9 Å². The van der Waals surface area contributed by atoms with Crippen LogP contribution in [-0.2, 0) is 6.42 Å². The van der Waals surface area contributed by atoms with Crippen molar-refractivity contribution in [3.63, 3.8) is 0 Å². The third-order valence-electron chi connectivity index (χ3n) is 3.62. The van der Waals surface area contributed by atoms with Gasteiger partial charge in [0, 0.05) is 11.1 Å². The first-order valence-corrected chi connectivity index (χ1v) is 6.91. The van der Waals surface area contributed by atoms with Crippen molar-refractivity contribution in [1.82, 2.24) is 4.98 Å². The quantitative estimate of drug-likeness (QED) is 0.905. The lowest BCUT2D eigenvalue weighted by Crippen LogP contribution is -2.26. The average molecular weight is 257 g/mol. The van der Waals surface area contributed by atoms with E-state index in [0.29, 0.717) is 0 Å². The molecule has 1 N–H and O–H groups in total. The zero-order valence-corrected chi connectivity index (χ0v) is 12.3. The summed E-state index contributed by atoms with van der Waals surface area (Å²) in [6.07, 6.45) is 1.40. The van der Waals surface area contributed by atoms with Gasteiger partial charge < -0.3 is 5.11 Å². The molecule has 1 heterocycles. The Morgan fingerprint density at radius 3 is 2.58 bits per heavy atom. The fourth-order valence-electron chi connectivity index (χ4n) is 2.33. The molecule has 1 aromatic heterocycles. The van der Waals surface area contributed by atoms with Gasteiger partial charge in [-0.3, -0.25) is 4.98 Å². The summed E-state index contributed by atoms with van der Waals surface area (Å²) in [5.41, 5.74) is 3.31. The third-order valence-corrected chi connectivity index (χ3v) is 3.62. The van der Waals surface area contributed by atoms with Crippen LogP contribution >= 0.6 is 0 Å². The Kier molecular flexibility index (Phi) is 3.91. The van der Waals surface area contributed by atoms with E-state index in [1.54, 1.807) is 0 Å². The summed E-state index contributed by atoms with van der Waals surface area (Å²) in [5.74, 6) is 0. The predicted octanol–water partition coefficient (Wildman–Crippen LogP) is 3.88. The third kappa shape index (κ3) is 3.32. The molecule has 0 fully saturated rings. The van der Waals surface area contributed by atoms with Crippen molar-refractivity contribution in [3.05, 3.63) is 41.6 Å². The first-order valence-electron chi connectivity index (χ1n) is 6.91. The van der Waals surface area contributed by atoms with Crippen molar-refractivity contribution in [1.29, 1.82) is 0 Å². The molecule has 0 aliphatic carbocycles. The number of benzene rings is 1. The monoisotopic (exact) mass is 257 g/mol. The summed E-state index contributed by atoms with van der Waals surface area (Å²) in [5, 5.41) is 11.4. The number of hydrogen-bond acceptors (Lipinski definition) is 2. The molecule has 0 radical (unpaired) electrons. The summed E-state index contributed by atoms with van der Waals surface area (Å²) in [4.78, 5) is 4.55. The summed E-state index contributed by atoms with van der Waals surface area (Å²) >= 11 is 0. The zero-order chi connectivity index (χ0) is 14.0. The number of aliphatic hydroxyl groups excluding tert-OH is 1. The lowest BCUT2D eigenvalue weighted by Gasteiger charge is -2.26. The average Bonchev–Trinajstić information content (AvgIpc) is 2.34. The van der Waals surface area contributed by atoms with Crippen LogP contribution in [0.2, 0.25) is 0 Å². The number of nitrogens with zero attached hydrogens (tertiary/aromatic N) is 1. The molecule has 2 heteroatoms. The largest absolute Gasteiger partial charge is 0.393 e. The number of aryl methyl sites for hydroxylation is 2. The van der Waals surface area contributed by atoms with Gasteiger partial charge in [-0.1, -0.05) is 39.0 Å². The summed E-state index contributed by atoms with van der Waals surface area (Å²) < 4.78 is 0. The summed E-state index contributed by atoms with van der Waals surface area (Å²) in [6.45, 7) is 8.25. The smallest absolute Gasteiger partial charge is 0.0707 e. The molecule has 0 aliphatic rings. The van der Waals surface area contributed by atoms with Gasteiger partial charge in [0.05, 0.1) is 11.6 Å². The van der Waals surface area contributed by atoms with E-state index in [9.17, 15) is 5.11 Å². The van der Waals surface area contributed by atoms with Crippen molar-refractivity contribution in [2.75, 3.05) is 0 Å². The van der Waals surface area contributed by atoms with Crippen molar-refractivity contribution < 1.29 is 5.11 Å². The number of hydrogen-bond donors (Lipinski definition) is 1. The van der Waals surface area contributed by atoms with Crippen LogP contribution in [-0.4, -0.2) is 16.2 Å². The maximum atomic E-state index is 10.2. The van der Waals surface area contributed by atoms with Gasteiger partial charge in [0.2, 0.25) is 0 Å². The highest BCUT2D eigenvalue weighted by Gasteiger charge is 2.21. The molecule has 2 nitrogen and oxygen atoms in total. The molecule has 102 valence electrons. The van der Waals surface area contributed by atoms with Crippen molar-refractivity contribution >= 4 is 10.9 Å². The maximum Gasteiger partial charge on any atom is 0.0707 e. The van der Waals surface area contributed by atoms with Gasteiger partial charge in [0.15, 0.2) is 0 Å². The number of rotatable bonds is 3. The highest BCUT2D eigenvalue weighted by Crippen LogP contribution is 2.25. The molecule has 19 heavy (non-hydrogen) atoms. The highest BCUT2D eigenvalue weighted by molar-refractivity contribution is 5.82. The van der Waals surface area contributed by atoms with E-state index in [1.165, 1.54) is 10.9 Å². The standard InChI is InChI=1S/C17H23NO/c1-12-11-13(9-10-16(19)17(2,3)4)14-7-5-6-8-15(14)18-12/h5-8,11,16,19H,9-10H2,1-4H3. The number of fused-ring (bicyclic) bond motifs is 1. The van der Waals surface area contributed by atoms with Crippen LogP contribution in [0, 0.1) is 12.3 Å².